The van der Waals surface area contributed by atoms with Crippen LogP contribution in [0.15, 0.2) is 18.2 Å². The van der Waals surface area contributed by atoms with Crippen LogP contribution in [0.1, 0.15) is 17.3 Å². The summed E-state index contributed by atoms with van der Waals surface area (Å²) in [6.07, 6.45) is 0. The van der Waals surface area contributed by atoms with Gasteiger partial charge in [-0.25, -0.2) is 0 Å². The van der Waals surface area contributed by atoms with Gasteiger partial charge in [0, 0.05) is 12.6 Å². The summed E-state index contributed by atoms with van der Waals surface area (Å²) < 4.78 is 0. The van der Waals surface area contributed by atoms with Crippen LogP contribution < -0.4 is 16.6 Å². The number of nitro groups is 1. The molecule has 0 radical (unpaired) electrons. The first-order valence-electron chi connectivity index (χ1n) is 6.06. The van der Waals surface area contributed by atoms with Gasteiger partial charge >= 0.3 is 5.69 Å². The molecule has 0 aliphatic heterocycles. The second-order valence-corrected chi connectivity index (χ2v) is 4.74. The Morgan fingerprint density at radius 2 is 2.15 bits per heavy atom. The Labute approximate surface area is 117 Å². The predicted octanol–water partition coefficient (Wildman–Crippen LogP) is 0.560. The van der Waals surface area contributed by atoms with Crippen molar-refractivity contribution in [2.75, 3.05) is 26.1 Å². The molecular weight excluding hydrogens is 262 g/mol. The molecular formula is C12H19N5O3. The predicted molar refractivity (Wildman–Crippen MR) is 76.4 cm³/mol. The zero-order valence-corrected chi connectivity index (χ0v) is 11.7. The number of nitrogens with two attached hydrogens (primary N) is 1. The molecule has 1 amide bonds. The van der Waals surface area contributed by atoms with Crippen LogP contribution in [0.5, 0.6) is 0 Å². The minimum absolute atomic E-state index is 0.0175. The fourth-order valence-electron chi connectivity index (χ4n) is 1.93. The minimum Gasteiger partial charge on any atom is -0.348 e. The molecule has 0 bridgehead atoms. The number of anilines is 1. The van der Waals surface area contributed by atoms with Gasteiger partial charge in [-0.15, -0.1) is 0 Å². The fourth-order valence-corrected chi connectivity index (χ4v) is 1.93. The smallest absolute Gasteiger partial charge is 0.306 e. The average Bonchev–Trinajstić information content (AvgIpc) is 2.36. The number of carbonyl (C=O) groups is 1. The van der Waals surface area contributed by atoms with Crippen molar-refractivity contribution in [1.29, 1.82) is 0 Å². The van der Waals surface area contributed by atoms with Gasteiger partial charge in [-0.3, -0.25) is 20.8 Å². The number of benzene rings is 1. The van der Waals surface area contributed by atoms with E-state index in [4.69, 9.17) is 5.84 Å². The van der Waals surface area contributed by atoms with Crippen molar-refractivity contribution in [1.82, 2.24) is 10.2 Å². The number of para-hydroxylation sites is 1. The number of hydrazine groups is 1. The second-order valence-electron chi connectivity index (χ2n) is 4.74. The number of hydrogen-bond acceptors (Lipinski definition) is 6. The minimum atomic E-state index is -0.624. The van der Waals surface area contributed by atoms with Crippen LogP contribution in [0.4, 0.5) is 11.4 Å². The molecule has 110 valence electrons. The molecule has 0 spiro atoms. The normalized spacial score (nSPS) is 12.1. The molecule has 0 aliphatic rings. The van der Waals surface area contributed by atoms with Crippen molar-refractivity contribution in [3.63, 3.8) is 0 Å². The molecule has 0 heterocycles. The van der Waals surface area contributed by atoms with Gasteiger partial charge < -0.3 is 15.6 Å². The van der Waals surface area contributed by atoms with E-state index in [9.17, 15) is 14.9 Å². The lowest BCUT2D eigenvalue weighted by molar-refractivity contribution is -0.384. The Kier molecular flexibility index (Phi) is 5.42. The topological polar surface area (TPSA) is 114 Å². The van der Waals surface area contributed by atoms with Crippen LogP contribution >= 0.6 is 0 Å². The van der Waals surface area contributed by atoms with E-state index in [1.54, 1.807) is 0 Å². The van der Waals surface area contributed by atoms with E-state index in [0.717, 1.165) is 0 Å². The van der Waals surface area contributed by atoms with E-state index in [0.29, 0.717) is 6.54 Å². The Morgan fingerprint density at radius 1 is 1.50 bits per heavy atom. The molecule has 1 unspecified atom stereocenters. The molecule has 0 saturated carbocycles. The van der Waals surface area contributed by atoms with Crippen LogP contribution in [0, 0.1) is 10.1 Å². The molecule has 1 aromatic carbocycles. The summed E-state index contributed by atoms with van der Waals surface area (Å²) in [5.41, 5.74) is 1.98. The van der Waals surface area contributed by atoms with E-state index >= 15 is 0 Å². The summed E-state index contributed by atoms with van der Waals surface area (Å²) in [4.78, 5) is 24.5. The first-order chi connectivity index (χ1) is 9.36. The maximum absolute atomic E-state index is 12.1. The summed E-state index contributed by atoms with van der Waals surface area (Å²) in [6.45, 7) is 2.46. The number of carbonyl (C=O) groups excluding carboxylic acids is 1. The Morgan fingerprint density at radius 3 is 2.65 bits per heavy atom. The molecule has 0 fully saturated rings. The SMILES string of the molecule is CC(CN(C)C)NC(=O)c1cccc(NN)c1[N+](=O)[O-]. The number of hydrogen-bond donors (Lipinski definition) is 3. The Hall–Kier alpha value is -2.19. The molecule has 1 atom stereocenters. The highest BCUT2D eigenvalue weighted by Crippen LogP contribution is 2.27. The third kappa shape index (κ3) is 3.90. The number of nitro benzene ring substituents is 1. The van der Waals surface area contributed by atoms with Crippen LogP contribution in [-0.2, 0) is 0 Å². The first-order valence-corrected chi connectivity index (χ1v) is 6.06. The summed E-state index contributed by atoms with van der Waals surface area (Å²) >= 11 is 0. The van der Waals surface area contributed by atoms with Gasteiger partial charge in [-0.2, -0.15) is 0 Å². The lowest BCUT2D eigenvalue weighted by atomic mass is 10.1. The molecule has 20 heavy (non-hydrogen) atoms. The highest BCUT2D eigenvalue weighted by molar-refractivity contribution is 6.00. The molecule has 0 aliphatic carbocycles. The summed E-state index contributed by atoms with van der Waals surface area (Å²) in [5, 5.41) is 13.8. The monoisotopic (exact) mass is 281 g/mol. The highest BCUT2D eigenvalue weighted by atomic mass is 16.6. The molecule has 8 heteroatoms. The quantitative estimate of drug-likeness (QED) is 0.399. The molecule has 1 aromatic rings. The van der Waals surface area contributed by atoms with Gasteiger partial charge in [0.25, 0.3) is 5.91 Å². The third-order valence-corrected chi connectivity index (χ3v) is 2.64. The van der Waals surface area contributed by atoms with Crippen molar-refractivity contribution >= 4 is 17.3 Å². The number of nitrogens with one attached hydrogen (secondary N) is 2. The fraction of sp³-hybridized carbons (Fsp3) is 0.417. The van der Waals surface area contributed by atoms with Crippen molar-refractivity contribution in [3.8, 4) is 0 Å². The number of likely N-dealkylation sites (N-methyl/N-ethyl adjacent to an activating group) is 1. The summed E-state index contributed by atoms with van der Waals surface area (Å²) in [6, 6.07) is 4.24. The van der Waals surface area contributed by atoms with E-state index in [1.807, 2.05) is 25.9 Å². The van der Waals surface area contributed by atoms with Gasteiger partial charge in [0.2, 0.25) is 0 Å². The third-order valence-electron chi connectivity index (χ3n) is 2.64. The van der Waals surface area contributed by atoms with Crippen LogP contribution in [-0.4, -0.2) is 42.4 Å². The van der Waals surface area contributed by atoms with Crippen LogP contribution in [0.2, 0.25) is 0 Å². The van der Waals surface area contributed by atoms with Crippen molar-refractivity contribution in [2.45, 2.75) is 13.0 Å². The molecule has 8 nitrogen and oxygen atoms in total. The Bertz CT molecular complexity index is 504. The standard InChI is InChI=1S/C12H19N5O3/c1-8(7-16(2)3)14-12(18)9-5-4-6-10(15-13)11(9)17(19)20/h4-6,8,15H,7,13H2,1-3H3,(H,14,18). The average molecular weight is 281 g/mol. The molecule has 0 aromatic heterocycles. The number of amides is 1. The van der Waals surface area contributed by atoms with E-state index in [-0.39, 0.29) is 23.0 Å². The zero-order chi connectivity index (χ0) is 15.3. The molecule has 0 saturated heterocycles. The van der Waals surface area contributed by atoms with Gasteiger partial charge in [0.05, 0.1) is 4.92 Å². The van der Waals surface area contributed by atoms with Crippen molar-refractivity contribution in [3.05, 3.63) is 33.9 Å². The second kappa shape index (κ2) is 6.83. The maximum atomic E-state index is 12.1. The maximum Gasteiger partial charge on any atom is 0.306 e. The molecule has 1 rings (SSSR count). The Balaban J connectivity index is 3.01. The van der Waals surface area contributed by atoms with Gasteiger partial charge in [0.15, 0.2) is 0 Å². The summed E-state index contributed by atoms with van der Waals surface area (Å²) in [5.74, 6) is 4.73. The first kappa shape index (κ1) is 15.9. The van der Waals surface area contributed by atoms with Crippen LogP contribution in [0.3, 0.4) is 0 Å². The zero-order valence-electron chi connectivity index (χ0n) is 11.7. The lowest BCUT2D eigenvalue weighted by Crippen LogP contribution is -2.39. The highest BCUT2D eigenvalue weighted by Gasteiger charge is 2.24. The number of nitrogen functional groups attached to an aromatic ring is 1. The van der Waals surface area contributed by atoms with E-state index < -0.39 is 10.8 Å². The molecule has 4 N–H and O–H groups in total. The van der Waals surface area contributed by atoms with Gasteiger partial charge in [-0.1, -0.05) is 6.07 Å². The van der Waals surface area contributed by atoms with Gasteiger partial charge in [-0.05, 0) is 33.2 Å². The largest absolute Gasteiger partial charge is 0.348 e. The van der Waals surface area contributed by atoms with Crippen molar-refractivity contribution in [2.24, 2.45) is 5.84 Å². The lowest BCUT2D eigenvalue weighted by Gasteiger charge is -2.18. The number of rotatable bonds is 6. The van der Waals surface area contributed by atoms with Gasteiger partial charge in [0.1, 0.15) is 11.3 Å². The van der Waals surface area contributed by atoms with Crippen molar-refractivity contribution < 1.29 is 9.72 Å². The summed E-state index contributed by atoms with van der Waals surface area (Å²) in [7, 11) is 3.76. The number of nitrogens with zero attached hydrogens (tertiary/aromatic N) is 2. The van der Waals surface area contributed by atoms with Crippen LogP contribution in [0.25, 0.3) is 0 Å². The van der Waals surface area contributed by atoms with E-state index in [1.165, 1.54) is 18.2 Å². The van der Waals surface area contributed by atoms with E-state index in [2.05, 4.69) is 10.7 Å².